The number of nitrogens with two attached hydrogens (primary N) is 1. The summed E-state index contributed by atoms with van der Waals surface area (Å²) >= 11 is 18.0. The van der Waals surface area contributed by atoms with Crippen molar-refractivity contribution in [3.63, 3.8) is 0 Å². The highest BCUT2D eigenvalue weighted by atomic mass is 35.6. The van der Waals surface area contributed by atoms with E-state index in [9.17, 15) is 9.59 Å². The Balaban J connectivity index is 1.98. The van der Waals surface area contributed by atoms with E-state index in [1.807, 2.05) is 13.8 Å². The molecule has 2 amide bonds. The van der Waals surface area contributed by atoms with Gasteiger partial charge in [0.25, 0.3) is 0 Å². The van der Waals surface area contributed by atoms with Crippen molar-refractivity contribution in [1.82, 2.24) is 10.2 Å². The summed E-state index contributed by atoms with van der Waals surface area (Å²) in [6, 6.07) is -0.525. The number of amides is 2. The van der Waals surface area contributed by atoms with Crippen molar-refractivity contribution in [2.45, 2.75) is 40.0 Å². The van der Waals surface area contributed by atoms with Gasteiger partial charge in [-0.25, -0.2) is 4.79 Å². The van der Waals surface area contributed by atoms with Crippen LogP contribution in [-0.2, 0) is 9.53 Å². The molecule has 0 saturated carbocycles. The number of carbonyl (C=O) groups excluding carboxylic acids is 2. The van der Waals surface area contributed by atoms with E-state index in [2.05, 4.69) is 5.32 Å². The lowest BCUT2D eigenvalue weighted by atomic mass is 10.0. The average Bonchev–Trinajstić information content (AvgIpc) is 2.55. The van der Waals surface area contributed by atoms with E-state index in [0.717, 1.165) is 0 Å². The van der Waals surface area contributed by atoms with Crippen LogP contribution in [0, 0.1) is 0 Å². The molecule has 2 saturated heterocycles. The molecule has 2 heterocycles. The number of β-lactam (4-membered cyclic amide) rings is 1. The van der Waals surface area contributed by atoms with Gasteiger partial charge in [0.2, 0.25) is 9.70 Å². The number of nitrogens with zero attached hydrogens (tertiary/aromatic N) is 1. The van der Waals surface area contributed by atoms with Gasteiger partial charge in [0, 0.05) is 0 Å². The van der Waals surface area contributed by atoms with Gasteiger partial charge in [-0.15, -0.1) is 11.8 Å². The highest BCUT2D eigenvalue weighted by Gasteiger charge is 2.60. The molecule has 114 valence electrons. The van der Waals surface area contributed by atoms with Crippen LogP contribution in [0.2, 0.25) is 0 Å². The Morgan fingerprint density at radius 2 is 2.15 bits per heavy atom. The third-order valence-electron chi connectivity index (χ3n) is 3.10. The number of ether oxygens (including phenoxy) is 1. The minimum absolute atomic E-state index is 0.129. The molecule has 0 spiro atoms. The molecular formula is C10H14Cl3N3O3S. The van der Waals surface area contributed by atoms with Gasteiger partial charge in [-0.1, -0.05) is 34.8 Å². The monoisotopic (exact) mass is 361 g/mol. The second kappa shape index (κ2) is 5.28. The molecule has 2 rings (SSSR count). The van der Waals surface area contributed by atoms with Crippen LogP contribution in [-0.4, -0.2) is 49.6 Å². The fraction of sp³-hybridized carbons (Fsp3) is 0.800. The molecule has 0 aromatic carbocycles. The van der Waals surface area contributed by atoms with Crippen molar-refractivity contribution in [3.05, 3.63) is 0 Å². The molecule has 2 unspecified atom stereocenters. The maximum absolute atomic E-state index is 11.8. The van der Waals surface area contributed by atoms with Crippen LogP contribution < -0.4 is 11.1 Å². The molecule has 20 heavy (non-hydrogen) atoms. The van der Waals surface area contributed by atoms with E-state index in [-0.39, 0.29) is 22.6 Å². The fourth-order valence-electron chi connectivity index (χ4n) is 2.17. The zero-order chi connectivity index (χ0) is 15.3. The molecule has 10 heteroatoms. The standard InChI is InChI=1S/C10H14Cl3N3O3S/c1-9(2)7(15-8(18)19-3-10(11,12)13)16-5(17)4(14)6(16)20-9/h4,6-7H,3,14H2,1-2H3,(H,15,18)/t4?,6-,7?/m1/s1. The Labute approximate surface area is 135 Å². The molecule has 3 atom stereocenters. The van der Waals surface area contributed by atoms with E-state index >= 15 is 0 Å². The van der Waals surface area contributed by atoms with Crippen molar-refractivity contribution in [2.24, 2.45) is 5.73 Å². The van der Waals surface area contributed by atoms with Gasteiger partial charge < -0.3 is 15.4 Å². The first-order chi connectivity index (χ1) is 9.03. The van der Waals surface area contributed by atoms with E-state index in [0.29, 0.717) is 0 Å². The third-order valence-corrected chi connectivity index (χ3v) is 5.02. The summed E-state index contributed by atoms with van der Waals surface area (Å²) in [6.45, 7) is 3.45. The minimum Gasteiger partial charge on any atom is -0.445 e. The van der Waals surface area contributed by atoms with E-state index < -0.39 is 22.1 Å². The number of rotatable bonds is 2. The number of fused-ring (bicyclic) bond motifs is 1. The largest absolute Gasteiger partial charge is 0.445 e. The summed E-state index contributed by atoms with van der Waals surface area (Å²) < 4.78 is 2.75. The van der Waals surface area contributed by atoms with Gasteiger partial charge in [-0.3, -0.25) is 10.1 Å². The highest BCUT2D eigenvalue weighted by molar-refractivity contribution is 8.01. The summed E-state index contributed by atoms with van der Waals surface area (Å²) in [7, 11) is 0. The molecule has 2 aliphatic heterocycles. The zero-order valence-electron chi connectivity index (χ0n) is 10.7. The van der Waals surface area contributed by atoms with Crippen LogP contribution in [0.4, 0.5) is 4.79 Å². The average molecular weight is 363 g/mol. The molecule has 0 aliphatic carbocycles. The van der Waals surface area contributed by atoms with Crippen LogP contribution in [0.1, 0.15) is 13.8 Å². The van der Waals surface area contributed by atoms with E-state index in [1.165, 1.54) is 11.8 Å². The molecule has 2 aliphatic rings. The second-order valence-corrected chi connectivity index (χ2v) is 9.41. The maximum atomic E-state index is 11.8. The predicted octanol–water partition coefficient (Wildman–Crippen LogP) is 1.43. The number of alkyl halides is 3. The minimum atomic E-state index is -1.67. The Morgan fingerprint density at radius 3 is 2.70 bits per heavy atom. The van der Waals surface area contributed by atoms with Gasteiger partial charge >= 0.3 is 6.09 Å². The van der Waals surface area contributed by atoms with Crippen LogP contribution in [0.5, 0.6) is 0 Å². The molecule has 2 fully saturated rings. The predicted molar refractivity (Wildman–Crippen MR) is 78.8 cm³/mol. The first-order valence-corrected chi connectivity index (χ1v) is 7.80. The lowest BCUT2D eigenvalue weighted by Crippen LogP contribution is -2.70. The van der Waals surface area contributed by atoms with Crippen LogP contribution in [0.25, 0.3) is 0 Å². The number of hydrogen-bond acceptors (Lipinski definition) is 5. The van der Waals surface area contributed by atoms with Crippen molar-refractivity contribution in [3.8, 4) is 0 Å². The Morgan fingerprint density at radius 1 is 1.55 bits per heavy atom. The molecule has 3 N–H and O–H groups in total. The summed E-state index contributed by atoms with van der Waals surface area (Å²) in [4.78, 5) is 25.0. The summed E-state index contributed by atoms with van der Waals surface area (Å²) in [5, 5.41) is 2.49. The maximum Gasteiger partial charge on any atom is 0.408 e. The molecular weight excluding hydrogens is 349 g/mol. The Hall–Kier alpha value is -0.0800. The van der Waals surface area contributed by atoms with Crippen LogP contribution in [0.15, 0.2) is 0 Å². The van der Waals surface area contributed by atoms with E-state index in [4.69, 9.17) is 45.3 Å². The molecule has 0 radical (unpaired) electrons. The number of halogens is 3. The van der Waals surface area contributed by atoms with Gasteiger partial charge in [0.1, 0.15) is 24.2 Å². The highest BCUT2D eigenvalue weighted by Crippen LogP contribution is 2.49. The van der Waals surface area contributed by atoms with Gasteiger partial charge in [-0.2, -0.15) is 0 Å². The van der Waals surface area contributed by atoms with Crippen LogP contribution >= 0.6 is 46.6 Å². The Kier molecular flexibility index (Phi) is 4.30. The number of thioether (sulfide) groups is 1. The summed E-state index contributed by atoms with van der Waals surface area (Å²) in [5.41, 5.74) is 5.73. The second-order valence-electron chi connectivity index (χ2n) is 5.12. The number of alkyl carbamates (subject to hydrolysis) is 1. The van der Waals surface area contributed by atoms with Crippen molar-refractivity contribution in [1.29, 1.82) is 0 Å². The quantitative estimate of drug-likeness (QED) is 0.573. The number of hydrogen-bond donors (Lipinski definition) is 2. The fourth-order valence-corrected chi connectivity index (χ4v) is 3.86. The third kappa shape index (κ3) is 3.06. The molecule has 0 bridgehead atoms. The number of nitrogens with one attached hydrogen (secondary N) is 1. The normalized spacial score (nSPS) is 31.6. The lowest BCUT2D eigenvalue weighted by molar-refractivity contribution is -0.147. The van der Waals surface area contributed by atoms with Crippen molar-refractivity contribution < 1.29 is 14.3 Å². The van der Waals surface area contributed by atoms with Crippen LogP contribution in [0.3, 0.4) is 0 Å². The first kappa shape index (κ1) is 16.3. The van der Waals surface area contributed by atoms with Crippen molar-refractivity contribution in [2.75, 3.05) is 6.61 Å². The topological polar surface area (TPSA) is 84.7 Å². The van der Waals surface area contributed by atoms with Gasteiger partial charge in [-0.05, 0) is 13.8 Å². The lowest BCUT2D eigenvalue weighted by Gasteiger charge is -2.42. The van der Waals surface area contributed by atoms with Gasteiger partial charge in [0.15, 0.2) is 0 Å². The van der Waals surface area contributed by atoms with Gasteiger partial charge in [0.05, 0.1) is 4.75 Å². The van der Waals surface area contributed by atoms with E-state index in [1.54, 1.807) is 4.90 Å². The Bertz CT molecular complexity index is 443. The summed E-state index contributed by atoms with van der Waals surface area (Å²) in [5.74, 6) is -0.195. The SMILES string of the molecule is CC1(C)S[C@@H]2C(N)C(=O)N2C1NC(=O)OCC(Cl)(Cl)Cl. The molecule has 0 aromatic rings. The molecule has 0 aromatic heterocycles. The van der Waals surface area contributed by atoms with Crippen molar-refractivity contribution >= 4 is 58.6 Å². The molecule has 6 nitrogen and oxygen atoms in total. The zero-order valence-corrected chi connectivity index (χ0v) is 13.8. The number of carbonyl (C=O) groups is 2. The summed E-state index contributed by atoms with van der Waals surface area (Å²) in [6.07, 6.45) is -1.25. The first-order valence-electron chi connectivity index (χ1n) is 5.78. The smallest absolute Gasteiger partial charge is 0.408 e.